The normalized spacial score (nSPS) is 11.2. The Morgan fingerprint density at radius 1 is 1.40 bits per heavy atom. The van der Waals surface area contributed by atoms with Gasteiger partial charge in [-0.2, -0.15) is 0 Å². The molecule has 2 nitrogen and oxygen atoms in total. The Hall–Kier alpha value is -0.800. The standard InChI is InChI=1S/C11H15ClN2S/c1-11(2,3)14-7-4-5-8(10(13)15)9(12)6-7/h4-6,14H,1-3H3,(H2,13,15). The zero-order valence-corrected chi connectivity index (χ0v) is 10.7. The van der Waals surface area contributed by atoms with Crippen LogP contribution in [-0.2, 0) is 0 Å². The maximum atomic E-state index is 6.05. The average Bonchev–Trinajstić information content (AvgIpc) is 1.99. The van der Waals surface area contributed by atoms with Crippen LogP contribution in [0.1, 0.15) is 26.3 Å². The number of nitrogens with two attached hydrogens (primary N) is 1. The molecule has 0 atom stereocenters. The molecule has 0 bridgehead atoms. The van der Waals surface area contributed by atoms with Crippen LogP contribution in [0.5, 0.6) is 0 Å². The predicted octanol–water partition coefficient (Wildman–Crippen LogP) is 3.18. The van der Waals surface area contributed by atoms with Crippen LogP contribution >= 0.6 is 23.8 Å². The van der Waals surface area contributed by atoms with E-state index in [0.29, 0.717) is 15.6 Å². The van der Waals surface area contributed by atoms with Gasteiger partial charge in [0.1, 0.15) is 4.99 Å². The largest absolute Gasteiger partial charge is 0.389 e. The summed E-state index contributed by atoms with van der Waals surface area (Å²) in [6.07, 6.45) is 0. The molecule has 1 rings (SSSR count). The van der Waals surface area contributed by atoms with Crippen molar-refractivity contribution in [1.82, 2.24) is 0 Å². The molecule has 0 fully saturated rings. The first-order chi connectivity index (χ1) is 6.79. The van der Waals surface area contributed by atoms with Gasteiger partial charge in [0, 0.05) is 16.8 Å². The van der Waals surface area contributed by atoms with Crippen LogP contribution in [0.25, 0.3) is 0 Å². The minimum absolute atomic E-state index is 0.00801. The molecule has 0 aliphatic carbocycles. The van der Waals surface area contributed by atoms with Crippen LogP contribution in [-0.4, -0.2) is 10.5 Å². The first-order valence-electron chi connectivity index (χ1n) is 4.67. The molecule has 1 aromatic rings. The third-order valence-electron chi connectivity index (χ3n) is 1.75. The van der Waals surface area contributed by atoms with Crippen molar-refractivity contribution in [3.8, 4) is 0 Å². The van der Waals surface area contributed by atoms with E-state index in [2.05, 4.69) is 26.1 Å². The van der Waals surface area contributed by atoms with Crippen LogP contribution in [0.15, 0.2) is 18.2 Å². The van der Waals surface area contributed by atoms with E-state index >= 15 is 0 Å². The van der Waals surface area contributed by atoms with Gasteiger partial charge in [-0.3, -0.25) is 0 Å². The van der Waals surface area contributed by atoms with Crippen molar-refractivity contribution in [2.24, 2.45) is 5.73 Å². The highest BCUT2D eigenvalue weighted by Crippen LogP contribution is 2.23. The van der Waals surface area contributed by atoms with Gasteiger partial charge in [-0.1, -0.05) is 23.8 Å². The summed E-state index contributed by atoms with van der Waals surface area (Å²) in [7, 11) is 0. The second kappa shape index (κ2) is 4.37. The van der Waals surface area contributed by atoms with E-state index in [0.717, 1.165) is 5.69 Å². The fourth-order valence-corrected chi connectivity index (χ4v) is 1.74. The number of benzene rings is 1. The van der Waals surface area contributed by atoms with Crippen molar-refractivity contribution < 1.29 is 0 Å². The van der Waals surface area contributed by atoms with Gasteiger partial charge < -0.3 is 11.1 Å². The number of nitrogens with one attached hydrogen (secondary N) is 1. The summed E-state index contributed by atoms with van der Waals surface area (Å²) in [5, 5.41) is 3.90. The number of anilines is 1. The fraction of sp³-hybridized carbons (Fsp3) is 0.364. The highest BCUT2D eigenvalue weighted by atomic mass is 35.5. The van der Waals surface area contributed by atoms with E-state index in [1.54, 1.807) is 0 Å². The van der Waals surface area contributed by atoms with Gasteiger partial charge in [0.25, 0.3) is 0 Å². The molecule has 0 amide bonds. The van der Waals surface area contributed by atoms with Gasteiger partial charge in [-0.25, -0.2) is 0 Å². The summed E-state index contributed by atoms with van der Waals surface area (Å²) < 4.78 is 0. The Bertz CT molecular complexity index is 383. The predicted molar refractivity (Wildman–Crippen MR) is 70.7 cm³/mol. The Kier molecular flexibility index (Phi) is 3.58. The molecule has 0 unspecified atom stereocenters. The van der Waals surface area contributed by atoms with Gasteiger partial charge in [-0.15, -0.1) is 0 Å². The lowest BCUT2D eigenvalue weighted by molar-refractivity contribution is 0.634. The molecule has 15 heavy (non-hydrogen) atoms. The number of halogens is 1. The first kappa shape index (κ1) is 12.3. The molecule has 0 saturated carbocycles. The molecule has 0 radical (unpaired) electrons. The van der Waals surface area contributed by atoms with Gasteiger partial charge in [0.05, 0.1) is 5.02 Å². The first-order valence-corrected chi connectivity index (χ1v) is 5.46. The zero-order chi connectivity index (χ0) is 11.6. The summed E-state index contributed by atoms with van der Waals surface area (Å²) >= 11 is 10.9. The zero-order valence-electron chi connectivity index (χ0n) is 9.10. The summed E-state index contributed by atoms with van der Waals surface area (Å²) in [6, 6.07) is 5.59. The van der Waals surface area contributed by atoms with Gasteiger partial charge >= 0.3 is 0 Å². The Morgan fingerprint density at radius 3 is 2.40 bits per heavy atom. The van der Waals surface area contributed by atoms with Crippen molar-refractivity contribution in [2.75, 3.05) is 5.32 Å². The van der Waals surface area contributed by atoms with Crippen molar-refractivity contribution >= 4 is 34.5 Å². The molecule has 0 aliphatic heterocycles. The quantitative estimate of drug-likeness (QED) is 0.783. The highest BCUT2D eigenvalue weighted by Gasteiger charge is 2.10. The van der Waals surface area contributed by atoms with Crippen molar-refractivity contribution in [3.63, 3.8) is 0 Å². The minimum atomic E-state index is 0.00801. The van der Waals surface area contributed by atoms with E-state index in [1.165, 1.54) is 0 Å². The Balaban J connectivity index is 2.97. The van der Waals surface area contributed by atoms with E-state index in [-0.39, 0.29) is 5.54 Å². The SMILES string of the molecule is CC(C)(C)Nc1ccc(C(N)=S)c(Cl)c1. The maximum Gasteiger partial charge on any atom is 0.105 e. The van der Waals surface area contributed by atoms with E-state index in [1.807, 2.05) is 18.2 Å². The van der Waals surface area contributed by atoms with Crippen LogP contribution in [0.4, 0.5) is 5.69 Å². The molecule has 82 valence electrons. The summed E-state index contributed by atoms with van der Waals surface area (Å²) in [6.45, 7) is 6.26. The van der Waals surface area contributed by atoms with Crippen molar-refractivity contribution in [1.29, 1.82) is 0 Å². The molecule has 4 heteroatoms. The molecule has 1 aromatic carbocycles. The molecular formula is C11H15ClN2S. The Morgan fingerprint density at radius 2 is 2.00 bits per heavy atom. The lowest BCUT2D eigenvalue weighted by Crippen LogP contribution is -2.26. The third kappa shape index (κ3) is 3.68. The lowest BCUT2D eigenvalue weighted by Gasteiger charge is -2.22. The van der Waals surface area contributed by atoms with Gasteiger partial charge in [0.15, 0.2) is 0 Å². The Labute approximate surface area is 101 Å². The third-order valence-corrected chi connectivity index (χ3v) is 2.29. The second-order valence-electron chi connectivity index (χ2n) is 4.43. The molecule has 0 spiro atoms. The van der Waals surface area contributed by atoms with Gasteiger partial charge in [-0.05, 0) is 39.0 Å². The fourth-order valence-electron chi connectivity index (χ4n) is 1.23. The summed E-state index contributed by atoms with van der Waals surface area (Å²) in [4.78, 5) is 0.322. The number of thiocarbonyl (C=S) groups is 1. The van der Waals surface area contributed by atoms with E-state index in [9.17, 15) is 0 Å². The molecule has 0 saturated heterocycles. The van der Waals surface area contributed by atoms with Crippen LogP contribution in [0.2, 0.25) is 5.02 Å². The van der Waals surface area contributed by atoms with Crippen LogP contribution < -0.4 is 11.1 Å². The number of hydrogen-bond acceptors (Lipinski definition) is 2. The highest BCUT2D eigenvalue weighted by molar-refractivity contribution is 7.80. The lowest BCUT2D eigenvalue weighted by atomic mass is 10.1. The molecule has 0 aliphatic rings. The molecule has 0 aromatic heterocycles. The molecule has 3 N–H and O–H groups in total. The topological polar surface area (TPSA) is 38.0 Å². The number of hydrogen-bond donors (Lipinski definition) is 2. The maximum absolute atomic E-state index is 6.05. The van der Waals surface area contributed by atoms with Crippen molar-refractivity contribution in [3.05, 3.63) is 28.8 Å². The monoisotopic (exact) mass is 242 g/mol. The number of rotatable bonds is 2. The van der Waals surface area contributed by atoms with E-state index < -0.39 is 0 Å². The average molecular weight is 243 g/mol. The second-order valence-corrected chi connectivity index (χ2v) is 5.28. The van der Waals surface area contributed by atoms with Crippen LogP contribution in [0.3, 0.4) is 0 Å². The van der Waals surface area contributed by atoms with E-state index in [4.69, 9.17) is 29.6 Å². The minimum Gasteiger partial charge on any atom is -0.389 e. The summed E-state index contributed by atoms with van der Waals surface area (Å²) in [5.41, 5.74) is 7.21. The summed E-state index contributed by atoms with van der Waals surface area (Å²) in [5.74, 6) is 0. The van der Waals surface area contributed by atoms with Crippen LogP contribution in [0, 0.1) is 0 Å². The van der Waals surface area contributed by atoms with Gasteiger partial charge in [0.2, 0.25) is 0 Å². The van der Waals surface area contributed by atoms with Crippen molar-refractivity contribution in [2.45, 2.75) is 26.3 Å². The molecular weight excluding hydrogens is 228 g/mol. The smallest absolute Gasteiger partial charge is 0.105 e. The molecule has 0 heterocycles.